The van der Waals surface area contributed by atoms with Gasteiger partial charge in [0.15, 0.2) is 5.96 Å². The largest absolute Gasteiger partial charge is 0.497 e. The molecule has 158 valence electrons. The van der Waals surface area contributed by atoms with Crippen molar-refractivity contribution >= 4 is 5.96 Å². The molecule has 0 unspecified atom stereocenters. The predicted octanol–water partition coefficient (Wildman–Crippen LogP) is 2.89. The Kier molecular flexibility index (Phi) is 10.8. The summed E-state index contributed by atoms with van der Waals surface area (Å²) in [6, 6.07) is 8.41. The first-order chi connectivity index (χ1) is 13.7. The van der Waals surface area contributed by atoms with E-state index < -0.39 is 0 Å². The maximum atomic E-state index is 5.37. The zero-order valence-corrected chi connectivity index (χ0v) is 17.9. The molecule has 1 fully saturated rings. The number of piperidine rings is 1. The number of nitrogens with zero attached hydrogens (tertiary/aromatic N) is 2. The second kappa shape index (κ2) is 13.4. The highest BCUT2D eigenvalue weighted by atomic mass is 16.5. The summed E-state index contributed by atoms with van der Waals surface area (Å²) < 4.78 is 10.6. The van der Waals surface area contributed by atoms with Crippen LogP contribution in [-0.2, 0) is 11.3 Å². The van der Waals surface area contributed by atoms with Crippen LogP contribution in [0.3, 0.4) is 0 Å². The van der Waals surface area contributed by atoms with Crippen LogP contribution >= 0.6 is 0 Å². The Labute approximate surface area is 170 Å². The number of ether oxygens (including phenoxy) is 2. The summed E-state index contributed by atoms with van der Waals surface area (Å²) in [5.74, 6) is 2.55. The van der Waals surface area contributed by atoms with Crippen molar-refractivity contribution in [3.8, 4) is 5.75 Å². The number of rotatable bonds is 11. The van der Waals surface area contributed by atoms with Gasteiger partial charge in [0.1, 0.15) is 5.75 Å². The minimum Gasteiger partial charge on any atom is -0.497 e. The van der Waals surface area contributed by atoms with Crippen molar-refractivity contribution in [2.45, 2.75) is 39.2 Å². The number of likely N-dealkylation sites (tertiary alicyclic amines) is 1. The van der Waals surface area contributed by atoms with Gasteiger partial charge in [-0.05, 0) is 69.3 Å². The lowest BCUT2D eigenvalue weighted by Gasteiger charge is -2.32. The summed E-state index contributed by atoms with van der Waals surface area (Å²) in [6.45, 7) is 8.95. The molecule has 28 heavy (non-hydrogen) atoms. The molecule has 1 aromatic rings. The molecule has 2 rings (SSSR count). The summed E-state index contributed by atoms with van der Waals surface area (Å²) in [4.78, 5) is 6.88. The summed E-state index contributed by atoms with van der Waals surface area (Å²) >= 11 is 0. The number of nitrogens with one attached hydrogen (secondary N) is 2. The van der Waals surface area contributed by atoms with Crippen LogP contribution in [0.25, 0.3) is 0 Å². The van der Waals surface area contributed by atoms with Crippen LogP contribution in [0.15, 0.2) is 29.3 Å². The second-order valence-electron chi connectivity index (χ2n) is 7.35. The van der Waals surface area contributed by atoms with E-state index in [1.54, 1.807) is 7.11 Å². The molecule has 6 nitrogen and oxygen atoms in total. The smallest absolute Gasteiger partial charge is 0.190 e. The quantitative estimate of drug-likeness (QED) is 0.346. The van der Waals surface area contributed by atoms with Gasteiger partial charge in [-0.2, -0.15) is 0 Å². The molecule has 0 atom stereocenters. The van der Waals surface area contributed by atoms with Gasteiger partial charge in [0.05, 0.1) is 7.11 Å². The highest BCUT2D eigenvalue weighted by Gasteiger charge is 2.19. The predicted molar refractivity (Wildman–Crippen MR) is 116 cm³/mol. The van der Waals surface area contributed by atoms with Crippen LogP contribution in [-0.4, -0.2) is 64.4 Å². The third-order valence-corrected chi connectivity index (χ3v) is 5.27. The van der Waals surface area contributed by atoms with Crippen LogP contribution < -0.4 is 15.4 Å². The van der Waals surface area contributed by atoms with Crippen molar-refractivity contribution < 1.29 is 9.47 Å². The Balaban J connectivity index is 1.59. The molecular weight excluding hydrogens is 352 g/mol. The third kappa shape index (κ3) is 8.48. The van der Waals surface area contributed by atoms with E-state index >= 15 is 0 Å². The van der Waals surface area contributed by atoms with Gasteiger partial charge in [0.25, 0.3) is 0 Å². The van der Waals surface area contributed by atoms with E-state index in [0.29, 0.717) is 5.92 Å². The van der Waals surface area contributed by atoms with E-state index in [2.05, 4.69) is 32.7 Å². The highest BCUT2D eigenvalue weighted by molar-refractivity contribution is 5.79. The first-order valence-electron chi connectivity index (χ1n) is 10.6. The molecule has 1 aromatic carbocycles. The van der Waals surface area contributed by atoms with E-state index in [4.69, 9.17) is 9.47 Å². The van der Waals surface area contributed by atoms with E-state index in [-0.39, 0.29) is 0 Å². The molecule has 1 saturated heterocycles. The fourth-order valence-electron chi connectivity index (χ4n) is 3.48. The van der Waals surface area contributed by atoms with Crippen molar-refractivity contribution in [2.75, 3.05) is 53.6 Å². The number of aliphatic imine (C=N–C) groups is 1. The topological polar surface area (TPSA) is 58.1 Å². The molecule has 2 N–H and O–H groups in total. The second-order valence-corrected chi connectivity index (χ2v) is 7.35. The van der Waals surface area contributed by atoms with E-state index in [1.807, 2.05) is 26.1 Å². The van der Waals surface area contributed by atoms with Crippen LogP contribution in [0.2, 0.25) is 0 Å². The molecule has 6 heteroatoms. The van der Waals surface area contributed by atoms with Gasteiger partial charge in [-0.25, -0.2) is 0 Å². The normalized spacial score (nSPS) is 16.2. The monoisotopic (exact) mass is 390 g/mol. The van der Waals surface area contributed by atoms with Gasteiger partial charge < -0.3 is 20.1 Å². The number of benzene rings is 1. The Morgan fingerprint density at radius 2 is 1.89 bits per heavy atom. The third-order valence-electron chi connectivity index (χ3n) is 5.27. The van der Waals surface area contributed by atoms with E-state index in [0.717, 1.165) is 70.5 Å². The van der Waals surface area contributed by atoms with E-state index in [1.165, 1.54) is 18.4 Å². The summed E-state index contributed by atoms with van der Waals surface area (Å²) in [7, 11) is 3.55. The number of hydrogen-bond donors (Lipinski definition) is 2. The van der Waals surface area contributed by atoms with Gasteiger partial charge in [-0.15, -0.1) is 0 Å². The van der Waals surface area contributed by atoms with Crippen LogP contribution in [0.5, 0.6) is 5.75 Å². The van der Waals surface area contributed by atoms with Crippen LogP contribution in [0.4, 0.5) is 0 Å². The summed E-state index contributed by atoms with van der Waals surface area (Å²) in [5, 5.41) is 6.89. The van der Waals surface area contributed by atoms with Gasteiger partial charge in [0.2, 0.25) is 0 Å². The number of guanidine groups is 1. The summed E-state index contributed by atoms with van der Waals surface area (Å²) in [5.41, 5.74) is 1.35. The molecule has 0 bridgehead atoms. The average Bonchev–Trinajstić information content (AvgIpc) is 2.74. The zero-order chi connectivity index (χ0) is 20.0. The average molecular weight is 391 g/mol. The van der Waals surface area contributed by atoms with Crippen LogP contribution in [0.1, 0.15) is 38.2 Å². The zero-order valence-electron chi connectivity index (χ0n) is 17.9. The maximum Gasteiger partial charge on any atom is 0.190 e. The molecule has 1 aliphatic heterocycles. The van der Waals surface area contributed by atoms with Crippen molar-refractivity contribution in [3.05, 3.63) is 29.8 Å². The van der Waals surface area contributed by atoms with Gasteiger partial charge in [-0.1, -0.05) is 12.1 Å². The standard InChI is InChI=1S/C22H38N4O2/c1-4-28-16-6-5-13-24-22(23-2)25-17-19-11-14-26(15-12-19)18-20-7-9-21(27-3)10-8-20/h7-10,19H,4-6,11-18H2,1-3H3,(H2,23,24,25). The molecule has 0 spiro atoms. The molecule has 0 aliphatic carbocycles. The minimum absolute atomic E-state index is 0.712. The van der Waals surface area contributed by atoms with Crippen molar-refractivity contribution in [1.82, 2.24) is 15.5 Å². The van der Waals surface area contributed by atoms with Crippen molar-refractivity contribution in [1.29, 1.82) is 0 Å². The fraction of sp³-hybridized carbons (Fsp3) is 0.682. The molecule has 0 saturated carbocycles. The molecule has 0 amide bonds. The Hall–Kier alpha value is -1.79. The SMILES string of the molecule is CCOCCCCNC(=NC)NCC1CCN(Cc2ccc(OC)cc2)CC1. The van der Waals surface area contributed by atoms with Gasteiger partial charge in [0, 0.05) is 39.9 Å². The van der Waals surface area contributed by atoms with E-state index in [9.17, 15) is 0 Å². The van der Waals surface area contributed by atoms with Crippen molar-refractivity contribution in [2.24, 2.45) is 10.9 Å². The Bertz CT molecular complexity index is 554. The maximum absolute atomic E-state index is 5.37. The lowest BCUT2D eigenvalue weighted by Crippen LogP contribution is -2.43. The highest BCUT2D eigenvalue weighted by Crippen LogP contribution is 2.19. The minimum atomic E-state index is 0.712. The molecule has 0 aromatic heterocycles. The molecule has 1 heterocycles. The summed E-state index contributed by atoms with van der Waals surface area (Å²) in [6.07, 6.45) is 4.65. The van der Waals surface area contributed by atoms with Gasteiger partial charge in [-0.3, -0.25) is 9.89 Å². The lowest BCUT2D eigenvalue weighted by atomic mass is 9.96. The number of unbranched alkanes of at least 4 members (excludes halogenated alkanes) is 1. The molecular formula is C22H38N4O2. The number of hydrogen-bond acceptors (Lipinski definition) is 4. The fourth-order valence-corrected chi connectivity index (χ4v) is 3.48. The Morgan fingerprint density at radius 3 is 2.54 bits per heavy atom. The molecule has 0 radical (unpaired) electrons. The van der Waals surface area contributed by atoms with Gasteiger partial charge >= 0.3 is 0 Å². The van der Waals surface area contributed by atoms with Crippen LogP contribution in [0, 0.1) is 5.92 Å². The van der Waals surface area contributed by atoms with Crippen molar-refractivity contribution in [3.63, 3.8) is 0 Å². The first kappa shape index (κ1) is 22.5. The Morgan fingerprint density at radius 1 is 1.14 bits per heavy atom. The first-order valence-corrected chi connectivity index (χ1v) is 10.6. The lowest BCUT2D eigenvalue weighted by molar-refractivity contribution is 0.143. The molecule has 1 aliphatic rings. The number of methoxy groups -OCH3 is 1.